The van der Waals surface area contributed by atoms with Crippen LogP contribution in [-0.2, 0) is 5.41 Å². The topological polar surface area (TPSA) is 41.9 Å². The second-order valence-electron chi connectivity index (χ2n) is 14.7. The molecule has 1 unspecified atom stereocenters. The van der Waals surface area contributed by atoms with Crippen molar-refractivity contribution in [2.75, 3.05) is 4.90 Å². The summed E-state index contributed by atoms with van der Waals surface area (Å²) < 4.78 is 6.90. The molecule has 0 aromatic heterocycles. The largest absolute Gasteiger partial charge is 0.456 e. The fourth-order valence-corrected chi connectivity index (χ4v) is 9.22. The Hall–Kier alpha value is -7.56. The molecule has 4 heteroatoms. The normalized spacial score (nSPS) is 14.6. The Balaban J connectivity index is 1.16. The molecule has 0 radical (unpaired) electrons. The van der Waals surface area contributed by atoms with Gasteiger partial charge in [0.25, 0.3) is 0 Å². The van der Waals surface area contributed by atoms with Crippen LogP contribution in [0.25, 0.3) is 44.2 Å². The minimum absolute atomic E-state index is 0.416. The quantitative estimate of drug-likeness (QED) is 0.160. The molecule has 1 aliphatic carbocycles. The molecule has 0 fully saturated rings. The fourth-order valence-electron chi connectivity index (χ4n) is 9.22. The molecule has 2 aliphatic rings. The standard InChI is InChI=1S/C53H34N2O2/c56-54-40-28-21-36(22-29-40)38-25-32-42(33-26-38)55(41-30-23-37(24-31-41)35-11-2-1-3-12-35)49-19-10-18-47-51(49)44-15-6-7-16-45(44)53(47)46-17-8-9-20-50(46)57-52-43-14-5-4-13-39(43)27-34-48(52)53/h1-34H. The lowest BCUT2D eigenvalue weighted by molar-refractivity contribution is 0.441. The Kier molecular flexibility index (Phi) is 7.51. The molecular weight excluding hydrogens is 697 g/mol. The Morgan fingerprint density at radius 1 is 0.439 bits per heavy atom. The number of ether oxygens (including phenoxy) is 1. The number of benzene rings is 9. The van der Waals surface area contributed by atoms with E-state index in [9.17, 15) is 4.91 Å². The summed E-state index contributed by atoms with van der Waals surface area (Å²) in [5.74, 6) is 1.77. The lowest BCUT2D eigenvalue weighted by atomic mass is 9.65. The monoisotopic (exact) mass is 730 g/mol. The van der Waals surface area contributed by atoms with Crippen molar-refractivity contribution in [1.29, 1.82) is 0 Å². The van der Waals surface area contributed by atoms with Crippen LogP contribution in [0.5, 0.6) is 11.5 Å². The predicted octanol–water partition coefficient (Wildman–Crippen LogP) is 14.5. The van der Waals surface area contributed by atoms with Gasteiger partial charge in [-0.3, -0.25) is 0 Å². The van der Waals surface area contributed by atoms with Crippen molar-refractivity contribution in [2.24, 2.45) is 5.18 Å². The molecule has 0 saturated heterocycles. The summed E-state index contributed by atoms with van der Waals surface area (Å²) >= 11 is 0. The van der Waals surface area contributed by atoms with Gasteiger partial charge in [-0.15, -0.1) is 4.91 Å². The molecule has 0 amide bonds. The van der Waals surface area contributed by atoms with Crippen molar-refractivity contribution >= 4 is 33.5 Å². The van der Waals surface area contributed by atoms with Crippen molar-refractivity contribution in [2.45, 2.75) is 5.41 Å². The lowest BCUT2D eigenvalue weighted by Gasteiger charge is -2.40. The summed E-state index contributed by atoms with van der Waals surface area (Å²) in [6, 6.07) is 72.7. The number of anilines is 3. The zero-order valence-corrected chi connectivity index (χ0v) is 30.8. The number of nitrogens with zero attached hydrogens (tertiary/aromatic N) is 2. The predicted molar refractivity (Wildman–Crippen MR) is 232 cm³/mol. The van der Waals surface area contributed by atoms with Gasteiger partial charge in [-0.25, -0.2) is 0 Å². The van der Waals surface area contributed by atoms with Crippen molar-refractivity contribution in [1.82, 2.24) is 0 Å². The minimum Gasteiger partial charge on any atom is -0.456 e. The van der Waals surface area contributed by atoms with Gasteiger partial charge in [-0.2, -0.15) is 0 Å². The van der Waals surface area contributed by atoms with Gasteiger partial charge in [0.05, 0.1) is 11.1 Å². The second kappa shape index (κ2) is 13.0. The van der Waals surface area contributed by atoms with Crippen LogP contribution < -0.4 is 9.64 Å². The lowest BCUT2D eigenvalue weighted by Crippen LogP contribution is -2.32. The van der Waals surface area contributed by atoms with Gasteiger partial charge in [0.1, 0.15) is 17.2 Å². The molecule has 1 spiro atoms. The smallest absolute Gasteiger partial charge is 0.140 e. The van der Waals surface area contributed by atoms with E-state index in [2.05, 4.69) is 192 Å². The highest BCUT2D eigenvalue weighted by Crippen LogP contribution is 2.64. The van der Waals surface area contributed by atoms with E-state index < -0.39 is 5.41 Å². The number of hydrogen-bond acceptors (Lipinski definition) is 4. The van der Waals surface area contributed by atoms with Crippen molar-refractivity contribution < 1.29 is 4.74 Å². The molecule has 4 nitrogen and oxygen atoms in total. The van der Waals surface area contributed by atoms with Gasteiger partial charge in [0.2, 0.25) is 0 Å². The number of rotatable bonds is 6. The third-order valence-corrected chi connectivity index (χ3v) is 11.7. The molecule has 268 valence electrons. The first-order valence-corrected chi connectivity index (χ1v) is 19.2. The second-order valence-corrected chi connectivity index (χ2v) is 14.7. The summed E-state index contributed by atoms with van der Waals surface area (Å²) in [7, 11) is 0. The Bertz CT molecular complexity index is 2990. The average Bonchev–Trinajstić information content (AvgIpc) is 3.58. The van der Waals surface area contributed by atoms with Gasteiger partial charge in [-0.1, -0.05) is 158 Å². The van der Waals surface area contributed by atoms with Crippen LogP contribution in [0.15, 0.2) is 211 Å². The van der Waals surface area contributed by atoms with Gasteiger partial charge in [0, 0.05) is 33.5 Å². The number of nitroso groups, excluding NO2 is 1. The fraction of sp³-hybridized carbons (Fsp3) is 0.0189. The molecule has 1 aliphatic heterocycles. The van der Waals surface area contributed by atoms with E-state index in [-0.39, 0.29) is 0 Å². The maximum absolute atomic E-state index is 11.1. The van der Waals surface area contributed by atoms with Crippen LogP contribution >= 0.6 is 0 Å². The molecule has 1 heterocycles. The van der Waals surface area contributed by atoms with E-state index in [0.717, 1.165) is 67.2 Å². The molecular formula is C53H34N2O2. The van der Waals surface area contributed by atoms with E-state index in [1.54, 1.807) is 12.1 Å². The van der Waals surface area contributed by atoms with E-state index in [1.807, 2.05) is 12.1 Å². The van der Waals surface area contributed by atoms with Gasteiger partial charge < -0.3 is 9.64 Å². The van der Waals surface area contributed by atoms with Crippen LogP contribution in [0, 0.1) is 4.91 Å². The third-order valence-electron chi connectivity index (χ3n) is 11.7. The highest BCUT2D eigenvalue weighted by molar-refractivity contribution is 6.00. The first kappa shape index (κ1) is 32.8. The van der Waals surface area contributed by atoms with E-state index >= 15 is 0 Å². The maximum Gasteiger partial charge on any atom is 0.140 e. The Labute approximate surface area is 330 Å². The van der Waals surface area contributed by atoms with E-state index in [4.69, 9.17) is 4.74 Å². The number of fused-ring (bicyclic) bond motifs is 11. The summed E-state index contributed by atoms with van der Waals surface area (Å²) in [5, 5.41) is 5.34. The average molecular weight is 731 g/mol. The van der Waals surface area contributed by atoms with Gasteiger partial charge in [-0.05, 0) is 98.0 Å². The highest BCUT2D eigenvalue weighted by atomic mass is 16.5. The SMILES string of the molecule is O=Nc1ccc(-c2ccc(N(c3ccc(-c4ccccc4)cc3)c3cccc4c3-c3ccccc3C43c4ccccc4Oc4c3ccc3ccccc43)cc2)cc1. The molecule has 57 heavy (non-hydrogen) atoms. The summed E-state index contributed by atoms with van der Waals surface area (Å²) in [5.41, 5.74) is 14.5. The number of para-hydroxylation sites is 1. The number of hydrogen-bond donors (Lipinski definition) is 0. The first-order chi connectivity index (χ1) is 28.2. The zero-order valence-electron chi connectivity index (χ0n) is 30.8. The summed E-state index contributed by atoms with van der Waals surface area (Å²) in [4.78, 5) is 13.5. The summed E-state index contributed by atoms with van der Waals surface area (Å²) in [6.07, 6.45) is 0. The molecule has 0 N–H and O–H groups in total. The van der Waals surface area contributed by atoms with E-state index in [0.29, 0.717) is 5.69 Å². The molecule has 1 atom stereocenters. The van der Waals surface area contributed by atoms with Crippen molar-refractivity contribution in [3.8, 4) is 44.9 Å². The Morgan fingerprint density at radius 2 is 1.02 bits per heavy atom. The molecule has 9 aromatic rings. The Morgan fingerprint density at radius 3 is 1.74 bits per heavy atom. The van der Waals surface area contributed by atoms with Crippen LogP contribution in [0.2, 0.25) is 0 Å². The van der Waals surface area contributed by atoms with E-state index in [1.165, 1.54) is 27.8 Å². The van der Waals surface area contributed by atoms with Crippen molar-refractivity contribution in [3.05, 3.63) is 233 Å². The minimum atomic E-state index is -0.620. The van der Waals surface area contributed by atoms with Crippen LogP contribution in [0.1, 0.15) is 22.3 Å². The van der Waals surface area contributed by atoms with Crippen LogP contribution in [0.3, 0.4) is 0 Å². The molecule has 0 bridgehead atoms. The van der Waals surface area contributed by atoms with Gasteiger partial charge in [0.15, 0.2) is 0 Å². The molecule has 11 rings (SSSR count). The summed E-state index contributed by atoms with van der Waals surface area (Å²) in [6.45, 7) is 0. The molecule has 9 aromatic carbocycles. The van der Waals surface area contributed by atoms with Crippen LogP contribution in [0.4, 0.5) is 22.7 Å². The zero-order chi connectivity index (χ0) is 37.9. The maximum atomic E-state index is 11.1. The van der Waals surface area contributed by atoms with Gasteiger partial charge >= 0.3 is 0 Å². The first-order valence-electron chi connectivity index (χ1n) is 19.2. The molecule has 0 saturated carbocycles. The van der Waals surface area contributed by atoms with Crippen molar-refractivity contribution in [3.63, 3.8) is 0 Å². The van der Waals surface area contributed by atoms with Crippen LogP contribution in [-0.4, -0.2) is 0 Å². The third kappa shape index (κ3) is 5.01. The highest BCUT2D eigenvalue weighted by Gasteiger charge is 2.52.